The predicted molar refractivity (Wildman–Crippen MR) is 98.4 cm³/mol. The van der Waals surface area contributed by atoms with E-state index in [1.54, 1.807) is 17.1 Å². The van der Waals surface area contributed by atoms with Crippen molar-refractivity contribution in [2.45, 2.75) is 18.9 Å². The van der Waals surface area contributed by atoms with Crippen LogP contribution in [0.25, 0.3) is 16.6 Å². The predicted octanol–water partition coefficient (Wildman–Crippen LogP) is 1.30. The van der Waals surface area contributed by atoms with Gasteiger partial charge in [-0.25, -0.2) is 9.78 Å². The first-order chi connectivity index (χ1) is 13.1. The molecule has 0 atom stereocenters. The van der Waals surface area contributed by atoms with Crippen molar-refractivity contribution in [1.29, 1.82) is 5.26 Å². The molecule has 0 unspecified atom stereocenters. The zero-order valence-electron chi connectivity index (χ0n) is 14.6. The van der Waals surface area contributed by atoms with E-state index in [1.165, 1.54) is 0 Å². The van der Waals surface area contributed by atoms with Crippen LogP contribution in [0.1, 0.15) is 18.4 Å². The number of amides is 2. The third kappa shape index (κ3) is 2.64. The molecule has 3 aliphatic rings. The van der Waals surface area contributed by atoms with Crippen LogP contribution in [0.3, 0.4) is 0 Å². The lowest BCUT2D eigenvalue weighted by molar-refractivity contribution is 0.133. The lowest BCUT2D eigenvalue weighted by atomic mass is 9.68. The van der Waals surface area contributed by atoms with Crippen molar-refractivity contribution in [3.8, 4) is 11.8 Å². The minimum absolute atomic E-state index is 0.0346. The van der Waals surface area contributed by atoms with Gasteiger partial charge in [0, 0.05) is 36.3 Å². The van der Waals surface area contributed by atoms with Gasteiger partial charge in [0.2, 0.25) is 0 Å². The molecular formula is C18H18BN5O3. The van der Waals surface area contributed by atoms with Crippen LogP contribution in [0, 0.1) is 23.2 Å². The fourth-order valence-corrected chi connectivity index (χ4v) is 4.10. The van der Waals surface area contributed by atoms with E-state index in [4.69, 9.17) is 9.92 Å². The van der Waals surface area contributed by atoms with Gasteiger partial charge in [-0.05, 0) is 36.4 Å². The molecule has 1 aliphatic carbocycles. The second-order valence-electron chi connectivity index (χ2n) is 7.41. The van der Waals surface area contributed by atoms with Crippen LogP contribution in [0.5, 0.6) is 5.75 Å². The molecule has 0 bridgehead atoms. The molecule has 2 aromatic rings. The summed E-state index contributed by atoms with van der Waals surface area (Å²) < 4.78 is 5.52. The number of nitrogens with zero attached hydrogens (tertiary/aromatic N) is 3. The Hall–Kier alpha value is -2.99. The van der Waals surface area contributed by atoms with E-state index in [0.29, 0.717) is 18.8 Å². The van der Waals surface area contributed by atoms with Crippen LogP contribution in [-0.2, 0) is 0 Å². The summed E-state index contributed by atoms with van der Waals surface area (Å²) in [6, 6.07) is 4.15. The fraction of sp³-hybridized carbons (Fsp3) is 0.389. The maximum Gasteiger partial charge on any atom is 0.552 e. The maximum absolute atomic E-state index is 12.2. The van der Waals surface area contributed by atoms with Crippen LogP contribution in [0.4, 0.5) is 4.79 Å². The molecule has 1 saturated heterocycles. The Kier molecular flexibility index (Phi) is 3.62. The number of allylic oxidation sites excluding steroid dienone is 1. The molecule has 0 spiro atoms. The molecular weight excluding hydrogens is 345 g/mol. The number of urea groups is 1. The highest BCUT2D eigenvalue weighted by molar-refractivity contribution is 6.52. The van der Waals surface area contributed by atoms with Gasteiger partial charge in [-0.2, -0.15) is 5.26 Å². The van der Waals surface area contributed by atoms with E-state index >= 15 is 0 Å². The number of nitriles is 1. The Morgan fingerprint density at radius 3 is 3.07 bits per heavy atom. The van der Waals surface area contributed by atoms with Crippen molar-refractivity contribution in [3.05, 3.63) is 30.0 Å². The van der Waals surface area contributed by atoms with E-state index in [-0.39, 0.29) is 23.9 Å². The Balaban J connectivity index is 1.29. The first-order valence-corrected chi connectivity index (χ1v) is 9.10. The third-order valence-corrected chi connectivity index (χ3v) is 5.67. The second-order valence-corrected chi connectivity index (χ2v) is 7.41. The Labute approximate surface area is 156 Å². The molecule has 136 valence electrons. The summed E-state index contributed by atoms with van der Waals surface area (Å²) >= 11 is 0. The first-order valence-electron chi connectivity index (χ1n) is 9.10. The number of rotatable bonds is 2. The summed E-state index contributed by atoms with van der Waals surface area (Å²) in [6.45, 7) is 1.03. The quantitative estimate of drug-likeness (QED) is 0.696. The third-order valence-electron chi connectivity index (χ3n) is 5.67. The number of carbonyl (C=O) groups excluding carboxylic acids is 1. The lowest BCUT2D eigenvalue weighted by Gasteiger charge is -2.42. The van der Waals surface area contributed by atoms with E-state index in [9.17, 15) is 9.82 Å². The molecule has 2 fully saturated rings. The molecule has 0 aromatic carbocycles. The fourth-order valence-electron chi connectivity index (χ4n) is 4.10. The summed E-state index contributed by atoms with van der Waals surface area (Å²) in [5, 5.41) is 22.9. The van der Waals surface area contributed by atoms with Crippen LogP contribution in [0.2, 0.25) is 0 Å². The molecule has 8 nitrogen and oxygen atoms in total. The molecule has 4 heterocycles. The van der Waals surface area contributed by atoms with Gasteiger partial charge in [0.25, 0.3) is 0 Å². The van der Waals surface area contributed by atoms with E-state index in [0.717, 1.165) is 35.0 Å². The molecule has 1 saturated carbocycles. The smallest absolute Gasteiger partial charge is 0.531 e. The van der Waals surface area contributed by atoms with Gasteiger partial charge >= 0.3 is 13.1 Å². The van der Waals surface area contributed by atoms with E-state index in [1.807, 2.05) is 12.3 Å². The summed E-state index contributed by atoms with van der Waals surface area (Å²) in [5.41, 5.74) is 2.81. The zero-order chi connectivity index (χ0) is 18.5. The summed E-state index contributed by atoms with van der Waals surface area (Å²) in [5.74, 6) is 2.55. The van der Waals surface area contributed by atoms with Crippen LogP contribution in [0.15, 0.2) is 24.4 Å². The van der Waals surface area contributed by atoms with Crippen molar-refractivity contribution < 1.29 is 14.5 Å². The molecule has 9 heteroatoms. The average molecular weight is 363 g/mol. The van der Waals surface area contributed by atoms with Crippen LogP contribution in [-0.4, -0.2) is 52.2 Å². The van der Waals surface area contributed by atoms with Crippen LogP contribution >= 0.6 is 0 Å². The number of fused-ring (bicyclic) bond motifs is 3. The van der Waals surface area contributed by atoms with Crippen molar-refractivity contribution in [3.63, 3.8) is 0 Å². The van der Waals surface area contributed by atoms with Crippen LogP contribution < -0.4 is 9.97 Å². The van der Waals surface area contributed by atoms with Crippen molar-refractivity contribution in [2.75, 3.05) is 13.1 Å². The largest absolute Gasteiger partial charge is 0.552 e. The summed E-state index contributed by atoms with van der Waals surface area (Å²) in [4.78, 5) is 21.3. The van der Waals surface area contributed by atoms with E-state index < -0.39 is 7.12 Å². The minimum Gasteiger partial charge on any atom is -0.531 e. The summed E-state index contributed by atoms with van der Waals surface area (Å²) in [7, 11) is -0.983. The monoisotopic (exact) mass is 363 g/mol. The minimum atomic E-state index is -0.983. The Bertz CT molecular complexity index is 985. The van der Waals surface area contributed by atoms with Gasteiger partial charge in [-0.1, -0.05) is 0 Å². The summed E-state index contributed by atoms with van der Waals surface area (Å²) in [6.07, 6.45) is 5.10. The van der Waals surface area contributed by atoms with Gasteiger partial charge in [0.15, 0.2) is 0 Å². The molecule has 0 radical (unpaired) electrons. The highest BCUT2D eigenvalue weighted by Gasteiger charge is 2.39. The highest BCUT2D eigenvalue weighted by Crippen LogP contribution is 2.46. The second kappa shape index (κ2) is 6.03. The van der Waals surface area contributed by atoms with Crippen molar-refractivity contribution in [1.82, 2.24) is 20.2 Å². The lowest BCUT2D eigenvalue weighted by Crippen LogP contribution is -2.57. The van der Waals surface area contributed by atoms with Crippen molar-refractivity contribution in [2.24, 2.45) is 11.8 Å². The molecule has 2 amide bonds. The number of nitrogens with one attached hydrogen (secondary N) is 2. The molecule has 5 rings (SSSR count). The Morgan fingerprint density at radius 1 is 1.48 bits per heavy atom. The molecule has 2 aromatic heterocycles. The SMILES string of the molecule is N#CC1CN(C(=O)NC2CC(C3=CB(O)Oc4cnc5[nH]ccc5c43)C2)C1. The number of likely N-dealkylation sites (tertiary alicyclic amines) is 1. The van der Waals surface area contributed by atoms with Gasteiger partial charge in [-0.3, -0.25) is 0 Å². The standard InChI is InChI=1S/C18H18BN5O3/c20-6-10-8-24(9-10)18(25)23-12-3-11(4-12)14-5-19(26)27-15-7-22-17-13(16(14)15)1-2-21-17/h1-2,5,7,10-12,26H,3-4,8-9H2,(H,21,22)(H,23,25). The van der Waals surface area contributed by atoms with Gasteiger partial charge < -0.3 is 24.9 Å². The number of pyridine rings is 1. The Morgan fingerprint density at radius 2 is 2.30 bits per heavy atom. The number of aromatic nitrogens is 2. The number of hydrogen-bond donors (Lipinski definition) is 3. The normalized spacial score (nSPS) is 24.2. The molecule has 3 N–H and O–H groups in total. The van der Waals surface area contributed by atoms with Gasteiger partial charge in [0.1, 0.15) is 11.4 Å². The van der Waals surface area contributed by atoms with Gasteiger partial charge in [0.05, 0.1) is 18.2 Å². The van der Waals surface area contributed by atoms with Crippen molar-refractivity contribution >= 4 is 29.8 Å². The topological polar surface area (TPSA) is 114 Å². The number of hydrogen-bond acceptors (Lipinski definition) is 5. The molecule has 2 aliphatic heterocycles. The maximum atomic E-state index is 12.2. The molecule has 27 heavy (non-hydrogen) atoms. The van der Waals surface area contributed by atoms with Gasteiger partial charge in [-0.15, -0.1) is 0 Å². The number of aromatic amines is 1. The highest BCUT2D eigenvalue weighted by atomic mass is 16.5. The van der Waals surface area contributed by atoms with E-state index in [2.05, 4.69) is 21.4 Å². The first kappa shape index (κ1) is 16.2. The number of H-pyrrole nitrogens is 1. The number of carbonyl (C=O) groups is 1. The average Bonchev–Trinajstić information content (AvgIpc) is 3.04. The zero-order valence-corrected chi connectivity index (χ0v) is 14.6.